The lowest BCUT2D eigenvalue weighted by Gasteiger charge is -2.37. The fourth-order valence-electron chi connectivity index (χ4n) is 4.97. The summed E-state index contributed by atoms with van der Waals surface area (Å²) in [5.41, 5.74) is 3.60. The third kappa shape index (κ3) is 6.89. The SMILES string of the molecule is Cc1ccc(C(CC(=O)O)NC(=O)c2ccc(N3CCN(C(=O)C4CC4)CC3)c(NC(=O)c3ccncc3)c2)cc1. The second-order valence-electron chi connectivity index (χ2n) is 10.5. The Labute approximate surface area is 238 Å². The van der Waals surface area contributed by atoms with Crippen LogP contribution in [0.15, 0.2) is 67.0 Å². The van der Waals surface area contributed by atoms with E-state index in [1.165, 1.54) is 12.4 Å². The number of pyridine rings is 1. The molecule has 3 amide bonds. The normalized spacial score (nSPS) is 15.6. The molecule has 1 saturated carbocycles. The highest BCUT2D eigenvalue weighted by molar-refractivity contribution is 6.07. The first-order chi connectivity index (χ1) is 19.8. The summed E-state index contributed by atoms with van der Waals surface area (Å²) in [5.74, 6) is -1.46. The van der Waals surface area contributed by atoms with Gasteiger partial charge in [-0.15, -0.1) is 0 Å². The molecule has 1 saturated heterocycles. The highest BCUT2D eigenvalue weighted by atomic mass is 16.4. The Kier molecular flexibility index (Phi) is 8.28. The van der Waals surface area contributed by atoms with Crippen LogP contribution in [0.3, 0.4) is 0 Å². The molecule has 1 atom stereocenters. The third-order valence-corrected chi connectivity index (χ3v) is 7.47. The van der Waals surface area contributed by atoms with E-state index < -0.39 is 17.9 Å². The van der Waals surface area contributed by atoms with Crippen LogP contribution in [0.5, 0.6) is 0 Å². The zero-order valence-electron chi connectivity index (χ0n) is 22.9. The molecular weight excluding hydrogens is 522 g/mol. The van der Waals surface area contributed by atoms with Crippen LogP contribution in [0.2, 0.25) is 0 Å². The van der Waals surface area contributed by atoms with Gasteiger partial charge in [0.1, 0.15) is 0 Å². The summed E-state index contributed by atoms with van der Waals surface area (Å²) < 4.78 is 0. The zero-order valence-corrected chi connectivity index (χ0v) is 22.9. The molecular formula is C31H33N5O5. The van der Waals surface area contributed by atoms with Crippen LogP contribution in [0.1, 0.15) is 57.1 Å². The summed E-state index contributed by atoms with van der Waals surface area (Å²) in [6.07, 6.45) is 4.71. The van der Waals surface area contributed by atoms with Crippen LogP contribution in [-0.4, -0.2) is 64.9 Å². The summed E-state index contributed by atoms with van der Waals surface area (Å²) in [4.78, 5) is 58.5. The largest absolute Gasteiger partial charge is 0.481 e. The van der Waals surface area contributed by atoms with Crippen LogP contribution < -0.4 is 15.5 Å². The molecule has 3 aromatic rings. The number of carboxylic acids is 1. The maximum Gasteiger partial charge on any atom is 0.305 e. The van der Waals surface area contributed by atoms with Gasteiger partial charge in [0.2, 0.25) is 5.91 Å². The standard InChI is InChI=1S/C31H33N5O5/c1-20-2-4-21(5-3-20)25(19-28(37)38)33-30(40)24-8-9-27(26(18-24)34-29(39)22-10-12-32-13-11-22)35-14-16-36(17-15-35)31(41)23-6-7-23/h2-5,8-13,18,23,25H,6-7,14-17,19H2,1H3,(H,33,40)(H,34,39)(H,37,38). The number of amides is 3. The van der Waals surface area contributed by atoms with E-state index >= 15 is 0 Å². The number of piperazine rings is 1. The molecule has 1 aliphatic heterocycles. The molecule has 0 bridgehead atoms. The first-order valence-electron chi connectivity index (χ1n) is 13.8. The predicted octanol–water partition coefficient (Wildman–Crippen LogP) is 3.65. The number of anilines is 2. The molecule has 41 heavy (non-hydrogen) atoms. The number of carbonyl (C=O) groups is 4. The van der Waals surface area contributed by atoms with Crippen LogP contribution in [0.25, 0.3) is 0 Å². The van der Waals surface area contributed by atoms with E-state index in [0.717, 1.165) is 24.1 Å². The minimum Gasteiger partial charge on any atom is -0.481 e. The van der Waals surface area contributed by atoms with Crippen molar-refractivity contribution in [1.82, 2.24) is 15.2 Å². The molecule has 2 fully saturated rings. The summed E-state index contributed by atoms with van der Waals surface area (Å²) in [7, 11) is 0. The molecule has 10 nitrogen and oxygen atoms in total. The van der Waals surface area contributed by atoms with Gasteiger partial charge < -0.3 is 25.5 Å². The molecule has 212 valence electrons. The van der Waals surface area contributed by atoms with Crippen molar-refractivity contribution in [3.8, 4) is 0 Å². The number of aromatic nitrogens is 1. The molecule has 2 aliphatic rings. The van der Waals surface area contributed by atoms with Gasteiger partial charge in [0.25, 0.3) is 11.8 Å². The highest BCUT2D eigenvalue weighted by Crippen LogP contribution is 2.33. The van der Waals surface area contributed by atoms with E-state index in [9.17, 15) is 24.3 Å². The van der Waals surface area contributed by atoms with Crippen molar-refractivity contribution >= 4 is 35.1 Å². The summed E-state index contributed by atoms with van der Waals surface area (Å²) in [6, 6.07) is 14.9. The Morgan fingerprint density at radius 1 is 0.902 bits per heavy atom. The Bertz CT molecular complexity index is 1430. The van der Waals surface area contributed by atoms with E-state index in [2.05, 4.69) is 20.5 Å². The minimum atomic E-state index is -1.03. The van der Waals surface area contributed by atoms with Gasteiger partial charge in [-0.05, 0) is 55.7 Å². The van der Waals surface area contributed by atoms with Gasteiger partial charge in [-0.25, -0.2) is 0 Å². The number of nitrogens with one attached hydrogen (secondary N) is 2. The van der Waals surface area contributed by atoms with Crippen LogP contribution in [0, 0.1) is 12.8 Å². The topological polar surface area (TPSA) is 132 Å². The quantitative estimate of drug-likeness (QED) is 0.367. The monoisotopic (exact) mass is 555 g/mol. The molecule has 1 unspecified atom stereocenters. The fraction of sp³-hybridized carbons (Fsp3) is 0.323. The lowest BCUT2D eigenvalue weighted by atomic mass is 10.0. The Hall–Kier alpha value is -4.73. The van der Waals surface area contributed by atoms with Gasteiger partial charge in [-0.2, -0.15) is 0 Å². The molecule has 2 aromatic carbocycles. The van der Waals surface area contributed by atoms with Crippen molar-refractivity contribution in [2.45, 2.75) is 32.2 Å². The van der Waals surface area contributed by atoms with E-state index in [4.69, 9.17) is 0 Å². The Morgan fingerprint density at radius 2 is 1.59 bits per heavy atom. The van der Waals surface area contributed by atoms with Gasteiger partial charge in [0, 0.05) is 55.6 Å². The van der Waals surface area contributed by atoms with E-state index in [1.54, 1.807) is 42.5 Å². The van der Waals surface area contributed by atoms with Gasteiger partial charge in [0.05, 0.1) is 23.8 Å². The maximum atomic E-state index is 13.4. The Morgan fingerprint density at radius 3 is 2.22 bits per heavy atom. The number of benzene rings is 2. The molecule has 0 spiro atoms. The molecule has 3 N–H and O–H groups in total. The average Bonchev–Trinajstić information content (AvgIpc) is 3.83. The van der Waals surface area contributed by atoms with Gasteiger partial charge in [-0.1, -0.05) is 29.8 Å². The highest BCUT2D eigenvalue weighted by Gasteiger charge is 2.35. The van der Waals surface area contributed by atoms with Crippen LogP contribution in [0.4, 0.5) is 11.4 Å². The van der Waals surface area contributed by atoms with E-state index in [0.29, 0.717) is 43.0 Å². The molecule has 0 radical (unpaired) electrons. The van der Waals surface area contributed by atoms with E-state index in [1.807, 2.05) is 24.0 Å². The van der Waals surface area contributed by atoms with Gasteiger partial charge in [0.15, 0.2) is 0 Å². The first kappa shape index (κ1) is 27.8. The number of hydrogen-bond donors (Lipinski definition) is 3. The lowest BCUT2D eigenvalue weighted by Crippen LogP contribution is -2.49. The minimum absolute atomic E-state index is 0.166. The van der Waals surface area contributed by atoms with Crippen molar-refractivity contribution in [2.24, 2.45) is 5.92 Å². The fourth-order valence-corrected chi connectivity index (χ4v) is 4.97. The molecule has 2 heterocycles. The van der Waals surface area contributed by atoms with Crippen molar-refractivity contribution in [2.75, 3.05) is 36.4 Å². The first-order valence-corrected chi connectivity index (χ1v) is 13.8. The molecule has 10 heteroatoms. The number of carbonyl (C=O) groups excluding carboxylic acids is 3. The van der Waals surface area contributed by atoms with Crippen LogP contribution in [-0.2, 0) is 9.59 Å². The number of aryl methyl sites for hydroxylation is 1. The smallest absolute Gasteiger partial charge is 0.305 e. The number of aliphatic carboxylic acids is 1. The number of hydrogen-bond acceptors (Lipinski definition) is 6. The molecule has 5 rings (SSSR count). The average molecular weight is 556 g/mol. The summed E-state index contributed by atoms with van der Waals surface area (Å²) in [5, 5.41) is 15.3. The van der Waals surface area contributed by atoms with Crippen molar-refractivity contribution in [1.29, 1.82) is 0 Å². The summed E-state index contributed by atoms with van der Waals surface area (Å²) in [6.45, 7) is 4.29. The number of nitrogens with zero attached hydrogens (tertiary/aromatic N) is 3. The third-order valence-electron chi connectivity index (χ3n) is 7.47. The van der Waals surface area contributed by atoms with E-state index in [-0.39, 0.29) is 29.7 Å². The summed E-state index contributed by atoms with van der Waals surface area (Å²) >= 11 is 0. The number of rotatable bonds is 9. The van der Waals surface area contributed by atoms with Crippen molar-refractivity contribution in [3.63, 3.8) is 0 Å². The maximum absolute atomic E-state index is 13.4. The second kappa shape index (κ2) is 12.2. The zero-order chi connectivity index (χ0) is 28.9. The molecule has 1 aliphatic carbocycles. The van der Waals surface area contributed by atoms with Crippen molar-refractivity contribution < 1.29 is 24.3 Å². The Balaban J connectivity index is 1.38. The second-order valence-corrected chi connectivity index (χ2v) is 10.5. The molecule has 1 aromatic heterocycles. The lowest BCUT2D eigenvalue weighted by molar-refractivity contribution is -0.137. The van der Waals surface area contributed by atoms with Gasteiger partial charge >= 0.3 is 5.97 Å². The van der Waals surface area contributed by atoms with Gasteiger partial charge in [-0.3, -0.25) is 24.2 Å². The van der Waals surface area contributed by atoms with Crippen molar-refractivity contribution in [3.05, 3.63) is 89.2 Å². The number of carboxylic acid groups (broad SMARTS) is 1. The predicted molar refractivity (Wildman–Crippen MR) is 154 cm³/mol. The van der Waals surface area contributed by atoms with Crippen LogP contribution >= 0.6 is 0 Å².